The fraction of sp³-hybridized carbons (Fsp3) is 0.353. The number of halogens is 1. The second kappa shape index (κ2) is 7.99. The lowest BCUT2D eigenvalue weighted by Crippen LogP contribution is -2.27. The molecule has 25 heavy (non-hydrogen) atoms. The second-order valence-electron chi connectivity index (χ2n) is 5.88. The fourth-order valence-electron chi connectivity index (χ4n) is 2.71. The molecule has 3 rings (SSSR count). The third kappa shape index (κ3) is 4.49. The Morgan fingerprint density at radius 1 is 1.16 bits per heavy atom. The third-order valence-electron chi connectivity index (χ3n) is 4.06. The maximum absolute atomic E-state index is 12.5. The number of amides is 1. The number of carbonyl (C=O) groups is 1. The summed E-state index contributed by atoms with van der Waals surface area (Å²) < 4.78 is 27.8. The van der Waals surface area contributed by atoms with Gasteiger partial charge in [0.15, 0.2) is 0 Å². The summed E-state index contributed by atoms with van der Waals surface area (Å²) in [6.07, 6.45) is 2.12. The van der Waals surface area contributed by atoms with E-state index in [-0.39, 0.29) is 12.3 Å². The monoisotopic (exact) mass is 442 g/mol. The summed E-state index contributed by atoms with van der Waals surface area (Å²) in [5.41, 5.74) is 0.920. The number of nitrogens with one attached hydrogen (secondary N) is 1. The van der Waals surface area contributed by atoms with E-state index in [1.165, 1.54) is 15.6 Å². The Bertz CT molecular complexity index is 858. The first-order chi connectivity index (χ1) is 12.0. The zero-order chi connectivity index (χ0) is 17.9. The lowest BCUT2D eigenvalue weighted by atomic mass is 10.1. The van der Waals surface area contributed by atoms with Gasteiger partial charge in [0.05, 0.1) is 13.0 Å². The summed E-state index contributed by atoms with van der Waals surface area (Å²) in [4.78, 5) is 12.9. The van der Waals surface area contributed by atoms with E-state index < -0.39 is 10.0 Å². The molecule has 1 aliphatic heterocycles. The van der Waals surface area contributed by atoms with Gasteiger partial charge in [-0.05, 0) is 36.6 Å². The quantitative estimate of drug-likeness (QED) is 0.746. The summed E-state index contributed by atoms with van der Waals surface area (Å²) in [5.74, 6) is -0.0933. The number of rotatable bonds is 6. The van der Waals surface area contributed by atoms with Crippen molar-refractivity contribution in [2.24, 2.45) is 0 Å². The van der Waals surface area contributed by atoms with E-state index in [1.54, 1.807) is 12.1 Å². The molecule has 0 saturated carbocycles. The Hall–Kier alpha value is -1.22. The molecule has 1 aromatic carbocycles. The van der Waals surface area contributed by atoms with Gasteiger partial charge in [-0.2, -0.15) is 4.31 Å². The Labute approximate surface area is 160 Å². The molecule has 0 atom stereocenters. The number of carbonyl (C=O) groups excluding carboxylic acids is 1. The first-order valence-electron chi connectivity index (χ1n) is 8.06. The Morgan fingerprint density at radius 3 is 2.60 bits per heavy atom. The molecule has 2 aromatic rings. The van der Waals surface area contributed by atoms with Crippen molar-refractivity contribution in [3.8, 4) is 0 Å². The molecule has 1 aromatic heterocycles. The van der Waals surface area contributed by atoms with E-state index in [2.05, 4.69) is 21.2 Å². The van der Waals surface area contributed by atoms with E-state index in [4.69, 9.17) is 0 Å². The molecule has 1 saturated heterocycles. The zero-order valence-electron chi connectivity index (χ0n) is 13.6. The highest BCUT2D eigenvalue weighted by Crippen LogP contribution is 2.27. The van der Waals surface area contributed by atoms with Gasteiger partial charge >= 0.3 is 0 Å². The van der Waals surface area contributed by atoms with Crippen LogP contribution in [-0.4, -0.2) is 31.7 Å². The molecule has 5 nitrogen and oxygen atoms in total. The minimum atomic E-state index is -3.38. The molecule has 2 heterocycles. The molecule has 134 valence electrons. The molecule has 0 spiro atoms. The van der Waals surface area contributed by atoms with Gasteiger partial charge in [-0.3, -0.25) is 4.79 Å². The van der Waals surface area contributed by atoms with Crippen LogP contribution in [0.15, 0.2) is 45.1 Å². The first-order valence-corrected chi connectivity index (χ1v) is 11.1. The molecular formula is C17H19BrN2O3S2. The normalized spacial score (nSPS) is 15.4. The van der Waals surface area contributed by atoms with Gasteiger partial charge in [0.2, 0.25) is 5.91 Å². The van der Waals surface area contributed by atoms with Crippen LogP contribution in [0.3, 0.4) is 0 Å². The van der Waals surface area contributed by atoms with Crippen LogP contribution in [0.5, 0.6) is 0 Å². The van der Waals surface area contributed by atoms with Crippen molar-refractivity contribution in [2.75, 3.05) is 13.1 Å². The van der Waals surface area contributed by atoms with Crippen LogP contribution in [-0.2, 0) is 27.8 Å². The van der Waals surface area contributed by atoms with Crippen LogP contribution in [0.2, 0.25) is 0 Å². The van der Waals surface area contributed by atoms with Gasteiger partial charge in [-0.15, -0.1) is 11.3 Å². The Balaban J connectivity index is 1.58. The largest absolute Gasteiger partial charge is 0.351 e. The van der Waals surface area contributed by atoms with Crippen molar-refractivity contribution in [3.05, 3.63) is 51.3 Å². The molecule has 0 radical (unpaired) electrons. The van der Waals surface area contributed by atoms with Crippen LogP contribution in [0.25, 0.3) is 0 Å². The minimum absolute atomic E-state index is 0.0933. The standard InChI is InChI=1S/C17H19BrN2O3S2/c18-15-6-2-1-5-13(15)11-16(21)19-12-14-7-8-17(24-14)25(22,23)20-9-3-4-10-20/h1-2,5-8H,3-4,9-12H2,(H,19,21). The molecule has 1 amide bonds. The second-order valence-corrected chi connectivity index (χ2v) is 10.1. The molecule has 0 aliphatic carbocycles. The van der Waals surface area contributed by atoms with E-state index in [9.17, 15) is 13.2 Å². The van der Waals surface area contributed by atoms with Gasteiger partial charge < -0.3 is 5.32 Å². The van der Waals surface area contributed by atoms with E-state index >= 15 is 0 Å². The lowest BCUT2D eigenvalue weighted by molar-refractivity contribution is -0.120. The number of nitrogens with zero attached hydrogens (tertiary/aromatic N) is 1. The van der Waals surface area contributed by atoms with Crippen LogP contribution < -0.4 is 5.32 Å². The highest BCUT2D eigenvalue weighted by atomic mass is 79.9. The summed E-state index contributed by atoms with van der Waals surface area (Å²) >= 11 is 4.65. The molecule has 8 heteroatoms. The molecular weight excluding hydrogens is 424 g/mol. The molecule has 0 bridgehead atoms. The summed E-state index contributed by atoms with van der Waals surface area (Å²) in [6.45, 7) is 1.53. The minimum Gasteiger partial charge on any atom is -0.351 e. The van der Waals surface area contributed by atoms with Gasteiger partial charge in [0, 0.05) is 22.4 Å². The van der Waals surface area contributed by atoms with Crippen molar-refractivity contribution in [3.63, 3.8) is 0 Å². The van der Waals surface area contributed by atoms with Crippen molar-refractivity contribution in [2.45, 2.75) is 30.0 Å². The predicted octanol–water partition coefficient (Wildman–Crippen LogP) is 3.15. The maximum atomic E-state index is 12.5. The number of sulfonamides is 1. The summed E-state index contributed by atoms with van der Waals surface area (Å²) in [6, 6.07) is 11.0. The van der Waals surface area contributed by atoms with Gasteiger partial charge in [0.25, 0.3) is 10.0 Å². The Kier molecular flexibility index (Phi) is 5.93. The van der Waals surface area contributed by atoms with Crippen LogP contribution in [0, 0.1) is 0 Å². The highest BCUT2D eigenvalue weighted by molar-refractivity contribution is 9.10. The van der Waals surface area contributed by atoms with E-state index in [1.807, 2.05) is 24.3 Å². The van der Waals surface area contributed by atoms with Crippen molar-refractivity contribution >= 4 is 43.2 Å². The maximum Gasteiger partial charge on any atom is 0.252 e. The SMILES string of the molecule is O=C(Cc1ccccc1Br)NCc1ccc(S(=O)(=O)N2CCCC2)s1. The lowest BCUT2D eigenvalue weighted by Gasteiger charge is -2.13. The molecule has 1 N–H and O–H groups in total. The molecule has 1 fully saturated rings. The van der Waals surface area contributed by atoms with E-state index in [0.717, 1.165) is 27.8 Å². The van der Waals surface area contributed by atoms with Crippen LogP contribution >= 0.6 is 27.3 Å². The molecule has 0 unspecified atom stereocenters. The summed E-state index contributed by atoms with van der Waals surface area (Å²) in [5, 5.41) is 2.85. The summed E-state index contributed by atoms with van der Waals surface area (Å²) in [7, 11) is -3.38. The van der Waals surface area contributed by atoms with Gasteiger partial charge in [-0.25, -0.2) is 8.42 Å². The number of thiophene rings is 1. The van der Waals surface area contributed by atoms with Crippen molar-refractivity contribution in [1.29, 1.82) is 0 Å². The third-order valence-corrected chi connectivity index (χ3v) is 8.29. The van der Waals surface area contributed by atoms with Crippen molar-refractivity contribution < 1.29 is 13.2 Å². The smallest absolute Gasteiger partial charge is 0.252 e. The predicted molar refractivity (Wildman–Crippen MR) is 102 cm³/mol. The number of hydrogen-bond donors (Lipinski definition) is 1. The van der Waals surface area contributed by atoms with E-state index in [0.29, 0.717) is 23.8 Å². The first kappa shape index (κ1) is 18.6. The Morgan fingerprint density at radius 2 is 1.88 bits per heavy atom. The topological polar surface area (TPSA) is 66.5 Å². The van der Waals surface area contributed by atoms with Gasteiger partial charge in [0.1, 0.15) is 4.21 Å². The van der Waals surface area contributed by atoms with Crippen LogP contribution in [0.1, 0.15) is 23.3 Å². The zero-order valence-corrected chi connectivity index (χ0v) is 16.8. The molecule has 1 aliphatic rings. The number of hydrogen-bond acceptors (Lipinski definition) is 4. The van der Waals surface area contributed by atoms with Crippen LogP contribution in [0.4, 0.5) is 0 Å². The highest BCUT2D eigenvalue weighted by Gasteiger charge is 2.28. The fourth-order valence-corrected chi connectivity index (χ4v) is 6.10. The average molecular weight is 443 g/mol. The number of benzene rings is 1. The van der Waals surface area contributed by atoms with Gasteiger partial charge in [-0.1, -0.05) is 34.1 Å². The average Bonchev–Trinajstić information content (AvgIpc) is 3.27. The van der Waals surface area contributed by atoms with Crippen molar-refractivity contribution in [1.82, 2.24) is 9.62 Å².